The molecule has 1 heteroatoms. The Morgan fingerprint density at radius 2 is 1.87 bits per heavy atom. The van der Waals surface area contributed by atoms with Gasteiger partial charge in [0.05, 0.1) is 0 Å². The largest absolute Gasteiger partial charge is 0.327 e. The molecule has 0 radical (unpaired) electrons. The maximum Gasteiger partial charge on any atom is 0.0142 e. The van der Waals surface area contributed by atoms with E-state index >= 15 is 0 Å². The van der Waals surface area contributed by atoms with Crippen LogP contribution in [0, 0.1) is 5.92 Å². The average molecular weight is 201 g/mol. The quantitative estimate of drug-likeness (QED) is 0.798. The van der Waals surface area contributed by atoms with Crippen molar-refractivity contribution in [2.24, 2.45) is 11.7 Å². The van der Waals surface area contributed by atoms with E-state index in [-0.39, 0.29) is 0 Å². The number of nitrogens with two attached hydrogens (primary N) is 1. The van der Waals surface area contributed by atoms with Crippen LogP contribution in [0.4, 0.5) is 0 Å². The van der Waals surface area contributed by atoms with Crippen molar-refractivity contribution >= 4 is 6.08 Å². The number of benzene rings is 1. The Morgan fingerprint density at radius 1 is 1.20 bits per heavy atom. The highest BCUT2D eigenvalue weighted by atomic mass is 14.5. The highest BCUT2D eigenvalue weighted by Gasteiger charge is 2.17. The van der Waals surface area contributed by atoms with Crippen molar-refractivity contribution in [3.8, 4) is 0 Å². The maximum atomic E-state index is 5.83. The highest BCUT2D eigenvalue weighted by Crippen LogP contribution is 2.31. The lowest BCUT2D eigenvalue weighted by Gasteiger charge is -2.12. The van der Waals surface area contributed by atoms with Gasteiger partial charge in [0.1, 0.15) is 0 Å². The molecule has 0 unspecified atom stereocenters. The third kappa shape index (κ3) is 2.69. The molecule has 0 heterocycles. The van der Waals surface area contributed by atoms with Crippen LogP contribution in [0.15, 0.2) is 35.9 Å². The van der Waals surface area contributed by atoms with Gasteiger partial charge >= 0.3 is 0 Å². The van der Waals surface area contributed by atoms with Gasteiger partial charge in [0.2, 0.25) is 0 Å². The molecule has 1 aliphatic carbocycles. The molecule has 80 valence electrons. The number of rotatable bonds is 3. The van der Waals surface area contributed by atoms with Crippen molar-refractivity contribution in [1.82, 2.24) is 0 Å². The molecule has 0 saturated heterocycles. The minimum absolute atomic E-state index is 0.708. The molecule has 0 atom stereocenters. The van der Waals surface area contributed by atoms with Gasteiger partial charge in [-0.1, -0.05) is 54.8 Å². The van der Waals surface area contributed by atoms with E-state index in [9.17, 15) is 0 Å². The van der Waals surface area contributed by atoms with Gasteiger partial charge in [-0.2, -0.15) is 0 Å². The number of hydrogen-bond donors (Lipinski definition) is 1. The van der Waals surface area contributed by atoms with Gasteiger partial charge in [-0.15, -0.1) is 0 Å². The fraction of sp³-hybridized carbons (Fsp3) is 0.429. The minimum atomic E-state index is 0.708. The summed E-state index contributed by atoms with van der Waals surface area (Å²) in [4.78, 5) is 0. The second-order valence-corrected chi connectivity index (χ2v) is 4.32. The summed E-state index contributed by atoms with van der Waals surface area (Å²) in [7, 11) is 0. The smallest absolute Gasteiger partial charge is 0.0142 e. The van der Waals surface area contributed by atoms with Crippen molar-refractivity contribution in [2.45, 2.75) is 25.7 Å². The third-order valence-corrected chi connectivity index (χ3v) is 3.27. The molecule has 1 saturated carbocycles. The Morgan fingerprint density at radius 3 is 2.47 bits per heavy atom. The van der Waals surface area contributed by atoms with Gasteiger partial charge in [0.15, 0.2) is 0 Å². The normalized spacial score (nSPS) is 18.3. The molecule has 0 bridgehead atoms. The summed E-state index contributed by atoms with van der Waals surface area (Å²) >= 11 is 0. The van der Waals surface area contributed by atoms with Gasteiger partial charge < -0.3 is 5.73 Å². The summed E-state index contributed by atoms with van der Waals surface area (Å²) in [6.45, 7) is 0.708. The molecular formula is C14H19N. The number of hydrogen-bond acceptors (Lipinski definition) is 1. The van der Waals surface area contributed by atoms with Crippen molar-refractivity contribution in [3.63, 3.8) is 0 Å². The summed E-state index contributed by atoms with van der Waals surface area (Å²) in [6.07, 6.45) is 7.68. The van der Waals surface area contributed by atoms with E-state index in [4.69, 9.17) is 5.73 Å². The van der Waals surface area contributed by atoms with Crippen LogP contribution >= 0.6 is 0 Å². The molecule has 0 aliphatic heterocycles. The summed E-state index contributed by atoms with van der Waals surface area (Å²) in [5, 5.41) is 0. The van der Waals surface area contributed by atoms with Gasteiger partial charge in [0.25, 0.3) is 0 Å². The Labute approximate surface area is 92.0 Å². The Hall–Kier alpha value is -1.08. The Balaban J connectivity index is 2.15. The summed E-state index contributed by atoms with van der Waals surface area (Å²) in [6, 6.07) is 10.5. The monoisotopic (exact) mass is 201 g/mol. The molecular weight excluding hydrogens is 182 g/mol. The van der Waals surface area contributed by atoms with Crippen LogP contribution in [-0.2, 0) is 0 Å². The summed E-state index contributed by atoms with van der Waals surface area (Å²) < 4.78 is 0. The molecule has 1 fully saturated rings. The van der Waals surface area contributed by atoms with Crippen LogP contribution in [0.3, 0.4) is 0 Å². The zero-order valence-electron chi connectivity index (χ0n) is 9.15. The molecule has 1 aromatic carbocycles. The second kappa shape index (κ2) is 5.13. The van der Waals surface area contributed by atoms with Crippen LogP contribution in [0.1, 0.15) is 31.2 Å². The first-order valence-corrected chi connectivity index (χ1v) is 5.86. The van der Waals surface area contributed by atoms with Crippen LogP contribution < -0.4 is 5.73 Å². The SMILES string of the molecule is NCC(=Cc1ccccc1)C1CCCC1. The standard InChI is InChI=1S/C14H19N/c15-11-14(13-8-4-5-9-13)10-12-6-2-1-3-7-12/h1-3,6-7,10,13H,4-5,8-9,11,15H2. The van der Waals surface area contributed by atoms with E-state index in [2.05, 4.69) is 36.4 Å². The lowest BCUT2D eigenvalue weighted by molar-refractivity contribution is 0.634. The molecule has 2 rings (SSSR count). The maximum absolute atomic E-state index is 5.83. The molecule has 1 nitrogen and oxygen atoms in total. The molecule has 2 N–H and O–H groups in total. The zero-order valence-corrected chi connectivity index (χ0v) is 9.15. The van der Waals surface area contributed by atoms with Crippen molar-refractivity contribution < 1.29 is 0 Å². The van der Waals surface area contributed by atoms with Crippen molar-refractivity contribution in [1.29, 1.82) is 0 Å². The Kier molecular flexibility index (Phi) is 3.57. The molecule has 15 heavy (non-hydrogen) atoms. The first-order chi connectivity index (χ1) is 7.40. The van der Waals surface area contributed by atoms with Gasteiger partial charge in [-0.3, -0.25) is 0 Å². The summed E-state index contributed by atoms with van der Waals surface area (Å²) in [5.74, 6) is 0.746. The predicted octanol–water partition coefficient (Wildman–Crippen LogP) is 3.22. The Bertz CT molecular complexity index is 320. The van der Waals surface area contributed by atoms with E-state index in [0.29, 0.717) is 6.54 Å². The van der Waals surface area contributed by atoms with Crippen LogP contribution in [0.2, 0.25) is 0 Å². The highest BCUT2D eigenvalue weighted by molar-refractivity contribution is 5.53. The van der Waals surface area contributed by atoms with Crippen molar-refractivity contribution in [3.05, 3.63) is 41.5 Å². The molecule has 0 amide bonds. The second-order valence-electron chi connectivity index (χ2n) is 4.32. The van der Waals surface area contributed by atoms with Crippen LogP contribution in [-0.4, -0.2) is 6.54 Å². The van der Waals surface area contributed by atoms with Crippen molar-refractivity contribution in [2.75, 3.05) is 6.54 Å². The van der Waals surface area contributed by atoms with Crippen LogP contribution in [0.25, 0.3) is 6.08 Å². The fourth-order valence-corrected chi connectivity index (χ4v) is 2.40. The lowest BCUT2D eigenvalue weighted by atomic mass is 9.95. The van der Waals surface area contributed by atoms with Crippen LogP contribution in [0.5, 0.6) is 0 Å². The van der Waals surface area contributed by atoms with E-state index in [1.165, 1.54) is 36.8 Å². The molecule has 0 aromatic heterocycles. The van der Waals surface area contributed by atoms with Gasteiger partial charge in [-0.25, -0.2) is 0 Å². The first kappa shape index (κ1) is 10.4. The zero-order chi connectivity index (χ0) is 10.5. The lowest BCUT2D eigenvalue weighted by Crippen LogP contribution is -2.10. The fourth-order valence-electron chi connectivity index (χ4n) is 2.40. The van der Waals surface area contributed by atoms with Gasteiger partial charge in [-0.05, 0) is 24.3 Å². The predicted molar refractivity (Wildman–Crippen MR) is 65.4 cm³/mol. The first-order valence-electron chi connectivity index (χ1n) is 5.86. The molecule has 1 aromatic rings. The third-order valence-electron chi connectivity index (χ3n) is 3.27. The average Bonchev–Trinajstić information content (AvgIpc) is 2.81. The van der Waals surface area contributed by atoms with E-state index in [1.807, 2.05) is 0 Å². The van der Waals surface area contributed by atoms with E-state index in [0.717, 1.165) is 5.92 Å². The van der Waals surface area contributed by atoms with E-state index < -0.39 is 0 Å². The molecule has 0 spiro atoms. The van der Waals surface area contributed by atoms with E-state index in [1.54, 1.807) is 0 Å². The minimum Gasteiger partial charge on any atom is -0.327 e. The topological polar surface area (TPSA) is 26.0 Å². The van der Waals surface area contributed by atoms with Gasteiger partial charge in [0, 0.05) is 6.54 Å². The molecule has 1 aliphatic rings. The summed E-state index contributed by atoms with van der Waals surface area (Å²) in [5.41, 5.74) is 8.54.